The molecule has 0 radical (unpaired) electrons. The van der Waals surface area contributed by atoms with Crippen molar-refractivity contribution in [3.8, 4) is 0 Å². The normalized spacial score (nSPS) is 19.8. The van der Waals surface area contributed by atoms with Crippen molar-refractivity contribution in [3.63, 3.8) is 0 Å². The average molecular weight is 564 g/mol. The highest BCUT2D eigenvalue weighted by Gasteiger charge is 2.48. The third-order valence-corrected chi connectivity index (χ3v) is 7.16. The van der Waals surface area contributed by atoms with Crippen LogP contribution in [-0.4, -0.2) is 83.4 Å². The molecule has 12 heteroatoms. The fraction of sp³-hybridized carbons (Fsp3) is 0.464. The lowest BCUT2D eigenvalue weighted by Gasteiger charge is -2.52. The van der Waals surface area contributed by atoms with Crippen LogP contribution in [0, 0.1) is 12.7 Å². The summed E-state index contributed by atoms with van der Waals surface area (Å²) in [4.78, 5) is 46.4. The first-order valence-electron chi connectivity index (χ1n) is 13.0. The molecular formula is C28H33F4N5O3. The van der Waals surface area contributed by atoms with Crippen molar-refractivity contribution >= 4 is 17.8 Å². The van der Waals surface area contributed by atoms with Crippen LogP contribution < -0.4 is 5.32 Å². The van der Waals surface area contributed by atoms with Crippen LogP contribution in [0.2, 0.25) is 0 Å². The van der Waals surface area contributed by atoms with Crippen LogP contribution in [0.15, 0.2) is 42.5 Å². The Balaban J connectivity index is 1.56. The number of amides is 4. The lowest BCUT2D eigenvalue weighted by atomic mass is 10.0. The van der Waals surface area contributed by atoms with Crippen molar-refractivity contribution < 1.29 is 31.9 Å². The van der Waals surface area contributed by atoms with Gasteiger partial charge in [-0.05, 0) is 69.4 Å². The highest BCUT2D eigenvalue weighted by molar-refractivity contribution is 5.91. The lowest BCUT2D eigenvalue weighted by Crippen LogP contribution is -2.72. The highest BCUT2D eigenvalue weighted by atomic mass is 19.4. The van der Waals surface area contributed by atoms with Gasteiger partial charge in [0.15, 0.2) is 0 Å². The number of alkyl halides is 3. The molecule has 2 fully saturated rings. The molecule has 2 atom stereocenters. The second-order valence-electron chi connectivity index (χ2n) is 10.5. The summed E-state index contributed by atoms with van der Waals surface area (Å²) in [6, 6.07) is 8.05. The van der Waals surface area contributed by atoms with Gasteiger partial charge in [0.05, 0.1) is 12.1 Å². The van der Waals surface area contributed by atoms with E-state index < -0.39 is 35.8 Å². The van der Waals surface area contributed by atoms with E-state index >= 15 is 0 Å². The molecule has 1 N–H and O–H groups in total. The van der Waals surface area contributed by atoms with Gasteiger partial charge >= 0.3 is 12.2 Å². The topological polar surface area (TPSA) is 76.2 Å². The lowest BCUT2D eigenvalue weighted by molar-refractivity contribution is -0.167. The largest absolute Gasteiger partial charge is 0.416 e. The van der Waals surface area contributed by atoms with E-state index in [2.05, 4.69) is 5.32 Å². The summed E-state index contributed by atoms with van der Waals surface area (Å²) in [5.41, 5.74) is 0.621. The van der Waals surface area contributed by atoms with E-state index in [1.807, 2.05) is 19.0 Å². The molecule has 2 aromatic carbocycles. The van der Waals surface area contributed by atoms with Gasteiger partial charge in [-0.25, -0.2) is 9.18 Å². The number of hydrogen-bond acceptors (Lipinski definition) is 4. The van der Waals surface area contributed by atoms with E-state index in [0.29, 0.717) is 29.7 Å². The van der Waals surface area contributed by atoms with Crippen LogP contribution in [0.3, 0.4) is 0 Å². The Morgan fingerprint density at radius 1 is 1.07 bits per heavy atom. The first-order chi connectivity index (χ1) is 18.8. The first kappa shape index (κ1) is 29.3. The SMILES string of the molecule is Cc1cc(CNC(=O)N2CCC(=O)N3[C@@H]2CN(Cc2ccc(F)cc2)C(=O)[C@@H]3CCN(C)C)cc(C(F)(F)F)c1. The summed E-state index contributed by atoms with van der Waals surface area (Å²) >= 11 is 0. The second-order valence-corrected chi connectivity index (χ2v) is 10.5. The van der Waals surface area contributed by atoms with E-state index in [9.17, 15) is 31.9 Å². The van der Waals surface area contributed by atoms with Gasteiger partial charge in [-0.3, -0.25) is 9.59 Å². The molecule has 0 saturated carbocycles. The third kappa shape index (κ3) is 6.72. The molecule has 2 aliphatic rings. The molecule has 0 aromatic heterocycles. The Bertz CT molecular complexity index is 1250. The Morgan fingerprint density at radius 3 is 2.42 bits per heavy atom. The Morgan fingerprint density at radius 2 is 1.77 bits per heavy atom. The molecule has 2 aliphatic heterocycles. The summed E-state index contributed by atoms with van der Waals surface area (Å²) in [5.74, 6) is -0.890. The number of nitrogens with one attached hydrogen (secondary N) is 1. The number of nitrogens with zero attached hydrogens (tertiary/aromatic N) is 4. The van der Waals surface area contributed by atoms with Crippen molar-refractivity contribution in [1.29, 1.82) is 0 Å². The van der Waals surface area contributed by atoms with Gasteiger partial charge in [-0.15, -0.1) is 0 Å². The molecule has 2 saturated heterocycles. The zero-order valence-electron chi connectivity index (χ0n) is 22.7. The fourth-order valence-electron chi connectivity index (χ4n) is 5.24. The van der Waals surface area contributed by atoms with Gasteiger partial charge in [-0.1, -0.05) is 23.8 Å². The van der Waals surface area contributed by atoms with Crippen molar-refractivity contribution in [2.75, 3.05) is 33.7 Å². The fourth-order valence-corrected chi connectivity index (χ4v) is 5.24. The molecule has 40 heavy (non-hydrogen) atoms. The summed E-state index contributed by atoms with van der Waals surface area (Å²) in [7, 11) is 3.71. The maximum Gasteiger partial charge on any atom is 0.416 e. The van der Waals surface area contributed by atoms with Gasteiger partial charge in [-0.2, -0.15) is 13.2 Å². The average Bonchev–Trinajstić information content (AvgIpc) is 2.88. The number of rotatable bonds is 7. The predicted octanol–water partition coefficient (Wildman–Crippen LogP) is 3.59. The summed E-state index contributed by atoms with van der Waals surface area (Å²) in [5, 5.41) is 2.70. The maximum absolute atomic E-state index is 13.6. The molecular weight excluding hydrogens is 530 g/mol. The van der Waals surface area contributed by atoms with Crippen LogP contribution in [0.25, 0.3) is 0 Å². The maximum atomic E-state index is 13.6. The number of aryl methyl sites for hydroxylation is 1. The Kier molecular flexibility index (Phi) is 8.67. The van der Waals surface area contributed by atoms with E-state index in [4.69, 9.17) is 0 Å². The number of carbonyl (C=O) groups excluding carboxylic acids is 3. The third-order valence-electron chi connectivity index (χ3n) is 7.16. The number of fused-ring (bicyclic) bond motifs is 1. The van der Waals surface area contributed by atoms with Crippen LogP contribution in [0.4, 0.5) is 22.4 Å². The molecule has 8 nitrogen and oxygen atoms in total. The van der Waals surface area contributed by atoms with Gasteiger partial charge in [0.2, 0.25) is 11.8 Å². The zero-order valence-corrected chi connectivity index (χ0v) is 22.7. The molecule has 4 rings (SSSR count). The number of benzene rings is 2. The Labute approximate surface area is 230 Å². The van der Waals surface area contributed by atoms with Gasteiger partial charge in [0, 0.05) is 26.1 Å². The number of piperazine rings is 1. The summed E-state index contributed by atoms with van der Waals surface area (Å²) < 4.78 is 53.2. The van der Waals surface area contributed by atoms with Crippen molar-refractivity contribution in [2.24, 2.45) is 0 Å². The number of hydrogen-bond donors (Lipinski definition) is 1. The second kappa shape index (κ2) is 11.8. The molecule has 0 aliphatic carbocycles. The molecule has 0 unspecified atom stereocenters. The van der Waals surface area contributed by atoms with Crippen LogP contribution in [0.1, 0.15) is 35.1 Å². The molecule has 2 aromatic rings. The minimum absolute atomic E-state index is 0.0241. The predicted molar refractivity (Wildman–Crippen MR) is 139 cm³/mol. The standard InChI is InChI=1S/C28H33F4N5O3/c1-18-12-20(14-21(13-18)28(30,31)32)15-33-27(40)36-11-9-25(38)37-23(8-10-34(2)3)26(39)35(17-24(36)37)16-19-4-6-22(29)7-5-19/h4-7,12-14,23-24H,8-11,15-17H2,1-3H3,(H,33,40)/t23-,24+/m0/s1. The van der Waals surface area contributed by atoms with Crippen LogP contribution in [0.5, 0.6) is 0 Å². The van der Waals surface area contributed by atoms with Crippen LogP contribution >= 0.6 is 0 Å². The van der Waals surface area contributed by atoms with Gasteiger partial charge in [0.1, 0.15) is 18.0 Å². The number of halogens is 4. The highest BCUT2D eigenvalue weighted by Crippen LogP contribution is 2.31. The molecule has 2 heterocycles. The van der Waals surface area contributed by atoms with E-state index in [1.165, 1.54) is 21.9 Å². The van der Waals surface area contributed by atoms with Gasteiger partial charge < -0.3 is 24.9 Å². The van der Waals surface area contributed by atoms with Gasteiger partial charge in [0.25, 0.3) is 0 Å². The van der Waals surface area contributed by atoms with E-state index in [-0.39, 0.29) is 44.4 Å². The minimum Gasteiger partial charge on any atom is -0.334 e. The number of urea groups is 1. The quantitative estimate of drug-likeness (QED) is 0.523. The monoisotopic (exact) mass is 563 g/mol. The van der Waals surface area contributed by atoms with Crippen LogP contribution in [-0.2, 0) is 28.9 Å². The Hall–Kier alpha value is -3.67. The smallest absolute Gasteiger partial charge is 0.334 e. The summed E-state index contributed by atoms with van der Waals surface area (Å²) in [6.07, 6.45) is -4.89. The minimum atomic E-state index is -4.51. The first-order valence-corrected chi connectivity index (χ1v) is 13.0. The van der Waals surface area contributed by atoms with Crippen molar-refractivity contribution in [3.05, 3.63) is 70.5 Å². The molecule has 216 valence electrons. The molecule has 0 bridgehead atoms. The molecule has 4 amide bonds. The summed E-state index contributed by atoms with van der Waals surface area (Å²) in [6.45, 7) is 2.27. The van der Waals surface area contributed by atoms with E-state index in [0.717, 1.165) is 12.1 Å². The van der Waals surface area contributed by atoms with Crippen molar-refractivity contribution in [1.82, 2.24) is 24.9 Å². The number of carbonyl (C=O) groups is 3. The van der Waals surface area contributed by atoms with E-state index in [1.54, 1.807) is 30.0 Å². The van der Waals surface area contributed by atoms with Crippen molar-refractivity contribution in [2.45, 2.75) is 51.2 Å². The zero-order chi connectivity index (χ0) is 29.2. The molecule has 0 spiro atoms.